The molecule has 0 aliphatic rings. The average molecular weight is 553 g/mol. The van der Waals surface area contributed by atoms with E-state index in [4.69, 9.17) is 4.98 Å². The third-order valence-electron chi connectivity index (χ3n) is 7.50. The Bertz CT molecular complexity index is 1990. The SMILES string of the molecule is O=C(Nc1cccc2ccccc12)N(CCc1csc2nc(-c3ccc4ccccc4c3)cn12)Cc1ccccc1. The van der Waals surface area contributed by atoms with Gasteiger partial charge in [-0.05, 0) is 33.9 Å². The Hall–Kier alpha value is -4.94. The van der Waals surface area contributed by atoms with Crippen molar-refractivity contribution in [2.24, 2.45) is 0 Å². The number of benzene rings is 5. The van der Waals surface area contributed by atoms with Gasteiger partial charge in [0, 0.05) is 47.7 Å². The van der Waals surface area contributed by atoms with Crippen LogP contribution >= 0.6 is 11.3 Å². The number of carbonyl (C=O) groups excluding carboxylic acids is 1. The summed E-state index contributed by atoms with van der Waals surface area (Å²) in [5.74, 6) is 0. The number of rotatable bonds is 7. The van der Waals surface area contributed by atoms with Crippen molar-refractivity contribution in [1.82, 2.24) is 14.3 Å². The third-order valence-corrected chi connectivity index (χ3v) is 8.39. The van der Waals surface area contributed by atoms with Crippen molar-refractivity contribution in [3.8, 4) is 11.3 Å². The minimum absolute atomic E-state index is 0.112. The molecule has 41 heavy (non-hydrogen) atoms. The van der Waals surface area contributed by atoms with Gasteiger partial charge in [0.15, 0.2) is 4.96 Å². The van der Waals surface area contributed by atoms with Crippen LogP contribution in [-0.4, -0.2) is 26.9 Å². The van der Waals surface area contributed by atoms with Crippen molar-refractivity contribution in [2.45, 2.75) is 13.0 Å². The van der Waals surface area contributed by atoms with Crippen LogP contribution in [0.2, 0.25) is 0 Å². The van der Waals surface area contributed by atoms with Gasteiger partial charge in [-0.1, -0.05) is 103 Å². The van der Waals surface area contributed by atoms with Gasteiger partial charge in [-0.3, -0.25) is 4.40 Å². The van der Waals surface area contributed by atoms with Crippen LogP contribution in [0.4, 0.5) is 10.5 Å². The molecule has 0 fully saturated rings. The second-order valence-electron chi connectivity index (χ2n) is 10.2. The molecule has 0 spiro atoms. The zero-order valence-electron chi connectivity index (χ0n) is 22.4. The molecule has 2 heterocycles. The van der Waals surface area contributed by atoms with Gasteiger partial charge >= 0.3 is 6.03 Å². The molecule has 2 aromatic heterocycles. The largest absolute Gasteiger partial charge is 0.322 e. The number of amides is 2. The molecule has 7 rings (SSSR count). The van der Waals surface area contributed by atoms with Crippen molar-refractivity contribution in [3.05, 3.63) is 138 Å². The Balaban J connectivity index is 1.14. The lowest BCUT2D eigenvalue weighted by Crippen LogP contribution is -2.36. The van der Waals surface area contributed by atoms with E-state index in [9.17, 15) is 4.79 Å². The second kappa shape index (κ2) is 10.9. The first-order valence-electron chi connectivity index (χ1n) is 13.7. The lowest BCUT2D eigenvalue weighted by atomic mass is 10.1. The maximum atomic E-state index is 13.7. The highest BCUT2D eigenvalue weighted by molar-refractivity contribution is 7.15. The van der Waals surface area contributed by atoms with E-state index >= 15 is 0 Å². The molecule has 0 saturated carbocycles. The number of fused-ring (bicyclic) bond motifs is 3. The number of nitrogens with one attached hydrogen (secondary N) is 1. The van der Waals surface area contributed by atoms with Gasteiger partial charge in [0.2, 0.25) is 0 Å². The van der Waals surface area contributed by atoms with Crippen molar-refractivity contribution < 1.29 is 4.79 Å². The lowest BCUT2D eigenvalue weighted by Gasteiger charge is -2.24. The second-order valence-corrected chi connectivity index (χ2v) is 11.0. The van der Waals surface area contributed by atoms with E-state index < -0.39 is 0 Å². The number of hydrogen-bond acceptors (Lipinski definition) is 3. The number of urea groups is 1. The Labute approximate surface area is 242 Å². The summed E-state index contributed by atoms with van der Waals surface area (Å²) in [5, 5.41) is 9.89. The molecule has 0 unspecified atom stereocenters. The monoisotopic (exact) mass is 552 g/mol. The standard InChI is InChI=1S/C35H28N4OS/c40-34(36-32-16-8-14-27-12-6-7-15-31(27)32)38(22-25-9-2-1-3-10-25)20-19-30-24-41-35-37-33(23-39(30)35)29-18-17-26-11-4-5-13-28(26)21-29/h1-18,21,23-24H,19-20,22H2,(H,36,40). The quantitative estimate of drug-likeness (QED) is 0.215. The molecule has 0 saturated heterocycles. The number of hydrogen-bond donors (Lipinski definition) is 1. The molecule has 5 nitrogen and oxygen atoms in total. The summed E-state index contributed by atoms with van der Waals surface area (Å²) in [6.07, 6.45) is 2.83. The van der Waals surface area contributed by atoms with E-state index in [0.717, 1.165) is 43.9 Å². The third kappa shape index (κ3) is 5.17. The highest BCUT2D eigenvalue weighted by Gasteiger charge is 2.17. The minimum atomic E-state index is -0.112. The summed E-state index contributed by atoms with van der Waals surface area (Å²) < 4.78 is 2.17. The fourth-order valence-electron chi connectivity index (χ4n) is 5.33. The maximum absolute atomic E-state index is 13.7. The van der Waals surface area contributed by atoms with Crippen LogP contribution < -0.4 is 5.32 Å². The van der Waals surface area contributed by atoms with Crippen LogP contribution in [-0.2, 0) is 13.0 Å². The molecule has 0 aliphatic carbocycles. The summed E-state index contributed by atoms with van der Waals surface area (Å²) in [5.41, 5.74) is 5.11. The van der Waals surface area contributed by atoms with Gasteiger partial charge in [0.25, 0.3) is 0 Å². The van der Waals surface area contributed by atoms with E-state index in [2.05, 4.69) is 88.0 Å². The number of anilines is 1. The smallest absolute Gasteiger partial charge is 0.320 e. The van der Waals surface area contributed by atoms with Crippen LogP contribution in [0.5, 0.6) is 0 Å². The summed E-state index contributed by atoms with van der Waals surface area (Å²) >= 11 is 1.63. The van der Waals surface area contributed by atoms with Gasteiger partial charge < -0.3 is 10.2 Å². The number of thiazole rings is 1. The van der Waals surface area contributed by atoms with E-state index in [0.29, 0.717) is 19.5 Å². The van der Waals surface area contributed by atoms with Gasteiger partial charge in [-0.25, -0.2) is 9.78 Å². The van der Waals surface area contributed by atoms with Crippen molar-refractivity contribution >= 4 is 49.6 Å². The van der Waals surface area contributed by atoms with Gasteiger partial charge in [0.1, 0.15) is 0 Å². The predicted molar refractivity (Wildman–Crippen MR) is 170 cm³/mol. The highest BCUT2D eigenvalue weighted by atomic mass is 32.1. The summed E-state index contributed by atoms with van der Waals surface area (Å²) in [6, 6.07) is 39.0. The molecule has 5 aromatic carbocycles. The Morgan fingerprint density at radius 2 is 1.56 bits per heavy atom. The number of carbonyl (C=O) groups is 1. The first-order chi connectivity index (χ1) is 20.2. The fourth-order valence-corrected chi connectivity index (χ4v) is 6.24. The predicted octanol–water partition coefficient (Wildman–Crippen LogP) is 8.65. The number of aromatic nitrogens is 2. The molecule has 0 aliphatic heterocycles. The van der Waals surface area contributed by atoms with E-state index in [-0.39, 0.29) is 6.03 Å². The van der Waals surface area contributed by atoms with Crippen LogP contribution in [0, 0.1) is 0 Å². The first-order valence-corrected chi connectivity index (χ1v) is 14.6. The molecule has 0 bridgehead atoms. The Kier molecular flexibility index (Phi) is 6.67. The number of imidazole rings is 1. The average Bonchev–Trinajstić information content (AvgIpc) is 3.61. The maximum Gasteiger partial charge on any atom is 0.322 e. The summed E-state index contributed by atoms with van der Waals surface area (Å²) in [4.78, 5) is 21.4. The molecule has 0 radical (unpaired) electrons. The van der Waals surface area contributed by atoms with Crippen LogP contribution in [0.15, 0.2) is 127 Å². The van der Waals surface area contributed by atoms with Crippen molar-refractivity contribution in [2.75, 3.05) is 11.9 Å². The Morgan fingerprint density at radius 1 is 0.805 bits per heavy atom. The molecule has 0 atom stereocenters. The van der Waals surface area contributed by atoms with E-state index in [1.165, 1.54) is 10.8 Å². The topological polar surface area (TPSA) is 49.6 Å². The van der Waals surface area contributed by atoms with Gasteiger partial charge in [-0.15, -0.1) is 11.3 Å². The molecule has 2 amide bonds. The van der Waals surface area contributed by atoms with Crippen molar-refractivity contribution in [1.29, 1.82) is 0 Å². The van der Waals surface area contributed by atoms with Crippen LogP contribution in [0.1, 0.15) is 11.3 Å². The molecule has 200 valence electrons. The first kappa shape index (κ1) is 25.1. The zero-order valence-corrected chi connectivity index (χ0v) is 23.2. The fraction of sp³-hybridized carbons (Fsp3) is 0.0857. The summed E-state index contributed by atoms with van der Waals surface area (Å²) in [6.45, 7) is 1.10. The molecule has 1 N–H and O–H groups in total. The van der Waals surface area contributed by atoms with Crippen molar-refractivity contribution in [3.63, 3.8) is 0 Å². The van der Waals surface area contributed by atoms with E-state index in [1.807, 2.05) is 53.4 Å². The summed E-state index contributed by atoms with van der Waals surface area (Å²) in [7, 11) is 0. The minimum Gasteiger partial charge on any atom is -0.320 e. The zero-order chi connectivity index (χ0) is 27.6. The van der Waals surface area contributed by atoms with Crippen LogP contribution in [0.3, 0.4) is 0 Å². The molecular weight excluding hydrogens is 524 g/mol. The van der Waals surface area contributed by atoms with Gasteiger partial charge in [-0.2, -0.15) is 0 Å². The molecule has 6 heteroatoms. The molecule has 7 aromatic rings. The normalized spacial score (nSPS) is 11.3. The molecular formula is C35H28N4OS. The van der Waals surface area contributed by atoms with Crippen LogP contribution in [0.25, 0.3) is 37.8 Å². The lowest BCUT2D eigenvalue weighted by molar-refractivity contribution is 0.209. The number of nitrogens with zero attached hydrogens (tertiary/aromatic N) is 3. The Morgan fingerprint density at radius 3 is 2.44 bits per heavy atom. The van der Waals surface area contributed by atoms with E-state index in [1.54, 1.807) is 11.3 Å². The highest BCUT2D eigenvalue weighted by Crippen LogP contribution is 2.28. The van der Waals surface area contributed by atoms with Gasteiger partial charge in [0.05, 0.1) is 11.4 Å².